The number of carbonyl (C=O) groups is 1. The number of aryl methyl sites for hydroxylation is 1. The summed E-state index contributed by atoms with van der Waals surface area (Å²) in [5.74, 6) is 0.187. The summed E-state index contributed by atoms with van der Waals surface area (Å²) in [5, 5.41) is 10.2. The number of carbonyl (C=O) groups excluding carboxylic acids is 1. The summed E-state index contributed by atoms with van der Waals surface area (Å²) in [7, 11) is 0. The van der Waals surface area contributed by atoms with Gasteiger partial charge in [0.1, 0.15) is 0 Å². The van der Waals surface area contributed by atoms with E-state index in [1.165, 1.54) is 5.56 Å². The summed E-state index contributed by atoms with van der Waals surface area (Å²) in [5.41, 5.74) is 2.15. The summed E-state index contributed by atoms with van der Waals surface area (Å²) in [6, 6.07) is 8.13. The Morgan fingerprint density at radius 3 is 2.74 bits per heavy atom. The van der Waals surface area contributed by atoms with Crippen LogP contribution in [0.4, 0.5) is 0 Å². The van der Waals surface area contributed by atoms with Gasteiger partial charge in [0.2, 0.25) is 5.91 Å². The third-order valence-electron chi connectivity index (χ3n) is 5.59. The first kappa shape index (κ1) is 16.5. The predicted octanol–water partition coefficient (Wildman–Crippen LogP) is 2.32. The quantitative estimate of drug-likeness (QED) is 0.927. The van der Waals surface area contributed by atoms with Gasteiger partial charge in [-0.15, -0.1) is 0 Å². The highest BCUT2D eigenvalue weighted by Crippen LogP contribution is 2.50. The third kappa shape index (κ3) is 3.15. The van der Waals surface area contributed by atoms with Crippen molar-refractivity contribution in [1.82, 2.24) is 4.90 Å². The van der Waals surface area contributed by atoms with Crippen LogP contribution in [0.5, 0.6) is 0 Å². The van der Waals surface area contributed by atoms with Crippen molar-refractivity contribution < 1.29 is 14.6 Å². The molecule has 2 unspecified atom stereocenters. The molecule has 1 aliphatic heterocycles. The average molecular weight is 317 g/mol. The maximum atomic E-state index is 12.5. The lowest BCUT2D eigenvalue weighted by Crippen LogP contribution is -2.62. The highest BCUT2D eigenvalue weighted by atomic mass is 16.5. The molecule has 1 saturated heterocycles. The first-order valence-electron chi connectivity index (χ1n) is 8.68. The molecule has 1 amide bonds. The van der Waals surface area contributed by atoms with Crippen molar-refractivity contribution >= 4 is 5.91 Å². The average Bonchev–Trinajstić information content (AvgIpc) is 2.55. The van der Waals surface area contributed by atoms with Crippen LogP contribution in [-0.2, 0) is 16.0 Å². The largest absolute Gasteiger partial charge is 0.392 e. The lowest BCUT2D eigenvalue weighted by molar-refractivity contribution is -0.210. The van der Waals surface area contributed by atoms with Crippen LogP contribution in [0.1, 0.15) is 37.3 Å². The number of nitrogens with zero attached hydrogens (tertiary/aromatic N) is 1. The molecule has 0 radical (unpaired) electrons. The molecule has 2 fully saturated rings. The van der Waals surface area contributed by atoms with Gasteiger partial charge in [0.25, 0.3) is 0 Å². The van der Waals surface area contributed by atoms with Crippen molar-refractivity contribution in [2.75, 3.05) is 19.7 Å². The van der Waals surface area contributed by atoms with Crippen molar-refractivity contribution in [3.05, 3.63) is 35.4 Å². The molecule has 2 aliphatic rings. The lowest BCUT2D eigenvalue weighted by atomic mass is 9.58. The zero-order valence-corrected chi connectivity index (χ0v) is 14.1. The zero-order chi connectivity index (χ0) is 16.4. The van der Waals surface area contributed by atoms with E-state index in [1.807, 2.05) is 36.9 Å². The SMILES string of the molecule is CCOC1CC(O)C12CCN(C(=O)Cc1cccc(C)c1)CC2. The summed E-state index contributed by atoms with van der Waals surface area (Å²) in [6.07, 6.45) is 2.79. The molecule has 4 nitrogen and oxygen atoms in total. The number of piperidine rings is 1. The zero-order valence-electron chi connectivity index (χ0n) is 14.1. The van der Waals surface area contributed by atoms with Crippen molar-refractivity contribution in [3.8, 4) is 0 Å². The van der Waals surface area contributed by atoms with E-state index in [0.29, 0.717) is 13.0 Å². The van der Waals surface area contributed by atoms with Crippen LogP contribution < -0.4 is 0 Å². The van der Waals surface area contributed by atoms with Crippen molar-refractivity contribution in [1.29, 1.82) is 0 Å². The maximum Gasteiger partial charge on any atom is 0.226 e. The Labute approximate surface area is 138 Å². The molecule has 4 heteroatoms. The second-order valence-corrected chi connectivity index (χ2v) is 6.98. The summed E-state index contributed by atoms with van der Waals surface area (Å²) >= 11 is 0. The molecule has 0 aromatic heterocycles. The van der Waals surface area contributed by atoms with Crippen LogP contribution in [0.3, 0.4) is 0 Å². The highest BCUT2D eigenvalue weighted by Gasteiger charge is 2.56. The molecule has 1 heterocycles. The van der Waals surface area contributed by atoms with Gasteiger partial charge >= 0.3 is 0 Å². The number of aliphatic hydroxyl groups excluding tert-OH is 1. The van der Waals surface area contributed by atoms with E-state index in [0.717, 1.165) is 37.9 Å². The van der Waals surface area contributed by atoms with E-state index in [-0.39, 0.29) is 23.5 Å². The van der Waals surface area contributed by atoms with E-state index in [2.05, 4.69) is 6.07 Å². The molecule has 3 rings (SSSR count). The Bertz CT molecular complexity index is 561. The monoisotopic (exact) mass is 317 g/mol. The Morgan fingerprint density at radius 1 is 1.39 bits per heavy atom. The van der Waals surface area contributed by atoms with Gasteiger partial charge in [0.15, 0.2) is 0 Å². The summed E-state index contributed by atoms with van der Waals surface area (Å²) in [6.45, 7) is 6.19. The van der Waals surface area contributed by atoms with E-state index in [4.69, 9.17) is 4.74 Å². The third-order valence-corrected chi connectivity index (χ3v) is 5.59. The van der Waals surface area contributed by atoms with Crippen LogP contribution in [0.15, 0.2) is 24.3 Å². The van der Waals surface area contributed by atoms with Gasteiger partial charge in [0.05, 0.1) is 18.6 Å². The van der Waals surface area contributed by atoms with Crippen LogP contribution in [-0.4, -0.2) is 47.8 Å². The van der Waals surface area contributed by atoms with E-state index in [9.17, 15) is 9.90 Å². The second kappa shape index (κ2) is 6.62. The fraction of sp³-hybridized carbons (Fsp3) is 0.632. The molecule has 1 aliphatic carbocycles. The first-order chi connectivity index (χ1) is 11.0. The second-order valence-electron chi connectivity index (χ2n) is 6.98. The van der Waals surface area contributed by atoms with Crippen molar-refractivity contribution in [3.63, 3.8) is 0 Å². The minimum Gasteiger partial charge on any atom is -0.392 e. The predicted molar refractivity (Wildman–Crippen MR) is 89.2 cm³/mol. The summed E-state index contributed by atoms with van der Waals surface area (Å²) < 4.78 is 5.78. The van der Waals surface area contributed by atoms with E-state index in [1.54, 1.807) is 0 Å². The molecule has 0 bridgehead atoms. The highest BCUT2D eigenvalue weighted by molar-refractivity contribution is 5.79. The van der Waals surface area contributed by atoms with Crippen LogP contribution in [0, 0.1) is 12.3 Å². The fourth-order valence-corrected chi connectivity index (χ4v) is 4.10. The molecule has 126 valence electrons. The lowest BCUT2D eigenvalue weighted by Gasteiger charge is -2.56. The van der Waals surface area contributed by atoms with Gasteiger partial charge in [-0.3, -0.25) is 4.79 Å². The number of amides is 1. The number of benzene rings is 1. The number of hydrogen-bond donors (Lipinski definition) is 1. The minimum atomic E-state index is -0.270. The van der Waals surface area contributed by atoms with Gasteiger partial charge in [-0.1, -0.05) is 29.8 Å². The van der Waals surface area contributed by atoms with E-state index < -0.39 is 0 Å². The smallest absolute Gasteiger partial charge is 0.226 e. The molecular formula is C19H27NO3. The molecule has 1 spiro atoms. The molecule has 2 atom stereocenters. The van der Waals surface area contributed by atoms with Crippen LogP contribution >= 0.6 is 0 Å². The van der Waals surface area contributed by atoms with Gasteiger partial charge < -0.3 is 14.7 Å². The van der Waals surface area contributed by atoms with Crippen LogP contribution in [0.25, 0.3) is 0 Å². The number of hydrogen-bond acceptors (Lipinski definition) is 3. The number of aliphatic hydroxyl groups is 1. The topological polar surface area (TPSA) is 49.8 Å². The Hall–Kier alpha value is -1.39. The number of likely N-dealkylation sites (tertiary alicyclic amines) is 1. The summed E-state index contributed by atoms with van der Waals surface area (Å²) in [4.78, 5) is 14.5. The van der Waals surface area contributed by atoms with Crippen molar-refractivity contribution in [2.45, 2.75) is 51.7 Å². The Kier molecular flexibility index (Phi) is 4.74. The van der Waals surface area contributed by atoms with Crippen LogP contribution in [0.2, 0.25) is 0 Å². The minimum absolute atomic E-state index is 0.115. The molecular weight excluding hydrogens is 290 g/mol. The first-order valence-corrected chi connectivity index (χ1v) is 8.68. The fourth-order valence-electron chi connectivity index (χ4n) is 4.10. The van der Waals surface area contributed by atoms with Gasteiger partial charge in [-0.25, -0.2) is 0 Å². The Balaban J connectivity index is 1.57. The van der Waals surface area contributed by atoms with Gasteiger partial charge in [0, 0.05) is 31.5 Å². The van der Waals surface area contributed by atoms with E-state index >= 15 is 0 Å². The van der Waals surface area contributed by atoms with Crippen molar-refractivity contribution in [2.24, 2.45) is 5.41 Å². The molecule has 1 aromatic carbocycles. The molecule has 1 N–H and O–H groups in total. The number of ether oxygens (including phenoxy) is 1. The van der Waals surface area contributed by atoms with Gasteiger partial charge in [-0.05, 0) is 32.3 Å². The molecule has 1 aromatic rings. The standard InChI is InChI=1S/C19H27NO3/c1-3-23-17-13-16(21)19(17)7-9-20(10-8-19)18(22)12-15-6-4-5-14(2)11-15/h4-6,11,16-17,21H,3,7-10,12-13H2,1-2H3. The molecule has 23 heavy (non-hydrogen) atoms. The molecule has 1 saturated carbocycles. The normalized spacial score (nSPS) is 26.1. The maximum absolute atomic E-state index is 12.5. The Morgan fingerprint density at radius 2 is 2.13 bits per heavy atom. The number of rotatable bonds is 4. The van der Waals surface area contributed by atoms with Gasteiger partial charge in [-0.2, -0.15) is 0 Å².